The van der Waals surface area contributed by atoms with Crippen molar-refractivity contribution >= 4 is 15.9 Å². The largest absolute Gasteiger partial charge is 0.490 e. The van der Waals surface area contributed by atoms with Crippen LogP contribution in [0.5, 0.6) is 11.5 Å². The molecule has 1 aromatic carbocycles. The Morgan fingerprint density at radius 3 is 2.88 bits per heavy atom. The molecule has 17 heavy (non-hydrogen) atoms. The minimum absolute atomic E-state index is 0.180. The van der Waals surface area contributed by atoms with Crippen molar-refractivity contribution in [2.24, 2.45) is 5.73 Å². The molecule has 1 aliphatic heterocycles. The van der Waals surface area contributed by atoms with Gasteiger partial charge >= 0.3 is 0 Å². The second kappa shape index (κ2) is 5.25. The molecule has 3 N–H and O–H groups in total. The number of nitrogens with two attached hydrogens (primary N) is 1. The monoisotopic (exact) mass is 301 g/mol. The molecular weight excluding hydrogens is 286 g/mol. The molecule has 0 amide bonds. The van der Waals surface area contributed by atoms with Crippen LogP contribution in [-0.4, -0.2) is 24.9 Å². The molecule has 0 aromatic heterocycles. The third-order valence-electron chi connectivity index (χ3n) is 2.83. The lowest BCUT2D eigenvalue weighted by molar-refractivity contribution is 0.184. The molecule has 0 fully saturated rings. The zero-order valence-corrected chi connectivity index (χ0v) is 11.3. The Labute approximate surface area is 109 Å². The fourth-order valence-corrected chi connectivity index (χ4v) is 2.74. The molecule has 1 unspecified atom stereocenters. The average Bonchev–Trinajstić information content (AvgIpc) is 2.54. The van der Waals surface area contributed by atoms with Crippen LogP contribution in [0, 0.1) is 6.92 Å². The summed E-state index contributed by atoms with van der Waals surface area (Å²) in [5.41, 5.74) is 7.16. The highest BCUT2D eigenvalue weighted by atomic mass is 79.9. The number of benzene rings is 1. The molecule has 0 bridgehead atoms. The Bertz CT molecular complexity index is 423. The van der Waals surface area contributed by atoms with Crippen LogP contribution >= 0.6 is 15.9 Å². The van der Waals surface area contributed by atoms with Gasteiger partial charge in [0.05, 0.1) is 19.3 Å². The van der Waals surface area contributed by atoms with Gasteiger partial charge in [0, 0.05) is 28.6 Å². The molecule has 1 aromatic rings. The first-order chi connectivity index (χ1) is 8.15. The number of aliphatic hydroxyl groups excluding tert-OH is 1. The predicted molar refractivity (Wildman–Crippen MR) is 68.5 cm³/mol. The molecule has 0 saturated carbocycles. The van der Waals surface area contributed by atoms with Gasteiger partial charge in [-0.2, -0.15) is 0 Å². The van der Waals surface area contributed by atoms with Crippen molar-refractivity contribution in [3.63, 3.8) is 0 Å². The van der Waals surface area contributed by atoms with Gasteiger partial charge in [0.15, 0.2) is 11.5 Å². The first-order valence-corrected chi connectivity index (χ1v) is 6.41. The second-order valence-electron chi connectivity index (χ2n) is 4.03. The summed E-state index contributed by atoms with van der Waals surface area (Å²) in [4.78, 5) is 0. The topological polar surface area (TPSA) is 64.7 Å². The van der Waals surface area contributed by atoms with Gasteiger partial charge in [-0.05, 0) is 13.0 Å². The zero-order chi connectivity index (χ0) is 12.4. The van der Waals surface area contributed by atoms with Gasteiger partial charge in [-0.3, -0.25) is 0 Å². The number of hydrogen-bond donors (Lipinski definition) is 2. The molecule has 94 valence electrons. The van der Waals surface area contributed by atoms with E-state index in [0.717, 1.165) is 27.8 Å². The van der Waals surface area contributed by atoms with E-state index in [0.29, 0.717) is 19.0 Å². The lowest BCUT2D eigenvalue weighted by atomic mass is 10.0. The van der Waals surface area contributed by atoms with E-state index in [4.69, 9.17) is 15.2 Å². The maximum atomic E-state index is 9.91. The summed E-state index contributed by atoms with van der Waals surface area (Å²) in [7, 11) is 0. The second-order valence-corrected chi connectivity index (χ2v) is 4.88. The van der Waals surface area contributed by atoms with E-state index in [1.54, 1.807) is 0 Å². The van der Waals surface area contributed by atoms with Crippen LogP contribution < -0.4 is 15.2 Å². The molecule has 4 nitrogen and oxygen atoms in total. The van der Waals surface area contributed by atoms with Gasteiger partial charge in [-0.1, -0.05) is 15.9 Å². The van der Waals surface area contributed by atoms with Crippen LogP contribution in [0.1, 0.15) is 23.7 Å². The van der Waals surface area contributed by atoms with Crippen molar-refractivity contribution in [1.82, 2.24) is 0 Å². The van der Waals surface area contributed by atoms with Crippen LogP contribution in [0.4, 0.5) is 0 Å². The van der Waals surface area contributed by atoms with E-state index in [-0.39, 0.29) is 6.54 Å². The molecule has 1 atom stereocenters. The van der Waals surface area contributed by atoms with Crippen LogP contribution in [0.2, 0.25) is 0 Å². The normalized spacial score (nSPS) is 16.5. The fraction of sp³-hybridized carbons (Fsp3) is 0.500. The molecule has 1 heterocycles. The molecule has 0 spiro atoms. The quantitative estimate of drug-likeness (QED) is 0.876. The Kier molecular flexibility index (Phi) is 3.91. The lowest BCUT2D eigenvalue weighted by Gasteiger charge is -2.18. The van der Waals surface area contributed by atoms with Crippen LogP contribution in [0.15, 0.2) is 10.5 Å². The van der Waals surface area contributed by atoms with Crippen molar-refractivity contribution in [3.8, 4) is 11.5 Å². The maximum Gasteiger partial charge on any atom is 0.164 e. The van der Waals surface area contributed by atoms with E-state index in [1.807, 2.05) is 13.0 Å². The predicted octanol–water partition coefficient (Wildman–Crippen LogP) is 1.91. The third kappa shape index (κ3) is 2.41. The summed E-state index contributed by atoms with van der Waals surface area (Å²) in [6.45, 7) is 3.37. The van der Waals surface area contributed by atoms with Crippen LogP contribution in [0.25, 0.3) is 0 Å². The van der Waals surface area contributed by atoms with Crippen molar-refractivity contribution < 1.29 is 14.6 Å². The third-order valence-corrected chi connectivity index (χ3v) is 3.49. The number of halogens is 1. The lowest BCUT2D eigenvalue weighted by Crippen LogP contribution is -2.14. The minimum atomic E-state index is -0.693. The molecular formula is C12H16BrNO3. The molecule has 0 radical (unpaired) electrons. The van der Waals surface area contributed by atoms with Gasteiger partial charge in [-0.25, -0.2) is 0 Å². The first-order valence-electron chi connectivity index (χ1n) is 5.62. The van der Waals surface area contributed by atoms with Gasteiger partial charge in [0.2, 0.25) is 0 Å². The minimum Gasteiger partial charge on any atom is -0.490 e. The zero-order valence-electron chi connectivity index (χ0n) is 9.70. The smallest absolute Gasteiger partial charge is 0.164 e. The Hall–Kier alpha value is -0.780. The Morgan fingerprint density at radius 2 is 2.18 bits per heavy atom. The summed E-state index contributed by atoms with van der Waals surface area (Å²) in [5, 5.41) is 9.91. The number of ether oxygens (including phenoxy) is 2. The highest BCUT2D eigenvalue weighted by Crippen LogP contribution is 2.41. The summed E-state index contributed by atoms with van der Waals surface area (Å²) < 4.78 is 12.1. The molecule has 1 aliphatic rings. The fourth-order valence-electron chi connectivity index (χ4n) is 1.97. The summed E-state index contributed by atoms with van der Waals surface area (Å²) in [6, 6.07) is 1.84. The molecule has 0 saturated heterocycles. The van der Waals surface area contributed by atoms with E-state index in [1.165, 1.54) is 0 Å². The molecule has 0 aliphatic carbocycles. The van der Waals surface area contributed by atoms with Gasteiger partial charge in [0.25, 0.3) is 0 Å². The Balaban J connectivity index is 2.52. The van der Waals surface area contributed by atoms with Crippen molar-refractivity contribution in [2.75, 3.05) is 19.8 Å². The van der Waals surface area contributed by atoms with Gasteiger partial charge < -0.3 is 20.3 Å². The van der Waals surface area contributed by atoms with Crippen molar-refractivity contribution in [1.29, 1.82) is 0 Å². The van der Waals surface area contributed by atoms with Crippen molar-refractivity contribution in [2.45, 2.75) is 19.4 Å². The Morgan fingerprint density at radius 1 is 1.47 bits per heavy atom. The number of fused-ring (bicyclic) bond motifs is 1. The molecule has 5 heteroatoms. The van der Waals surface area contributed by atoms with Crippen LogP contribution in [-0.2, 0) is 0 Å². The van der Waals surface area contributed by atoms with E-state index < -0.39 is 6.10 Å². The van der Waals surface area contributed by atoms with Gasteiger partial charge in [0.1, 0.15) is 0 Å². The summed E-state index contributed by atoms with van der Waals surface area (Å²) in [6.07, 6.45) is 0.169. The van der Waals surface area contributed by atoms with E-state index in [2.05, 4.69) is 15.9 Å². The van der Waals surface area contributed by atoms with E-state index in [9.17, 15) is 5.11 Å². The maximum absolute atomic E-state index is 9.91. The van der Waals surface area contributed by atoms with Crippen LogP contribution in [0.3, 0.4) is 0 Å². The highest BCUT2D eigenvalue weighted by Gasteiger charge is 2.22. The summed E-state index contributed by atoms with van der Waals surface area (Å²) >= 11 is 3.44. The number of aliphatic hydroxyl groups is 1. The van der Waals surface area contributed by atoms with Crippen molar-refractivity contribution in [3.05, 3.63) is 21.7 Å². The first kappa shape index (κ1) is 12.7. The highest BCUT2D eigenvalue weighted by molar-refractivity contribution is 9.10. The average molecular weight is 302 g/mol. The standard InChI is InChI=1S/C12H16BrNO3/c1-7-11(9(15)6-14)8(13)5-10-12(7)17-4-2-3-16-10/h5,9,15H,2-4,6,14H2,1H3. The van der Waals surface area contributed by atoms with Gasteiger partial charge in [-0.15, -0.1) is 0 Å². The summed E-state index contributed by atoms with van der Waals surface area (Å²) in [5.74, 6) is 1.44. The number of hydrogen-bond acceptors (Lipinski definition) is 4. The van der Waals surface area contributed by atoms with E-state index >= 15 is 0 Å². The molecule has 2 rings (SSSR count). The number of rotatable bonds is 2. The SMILES string of the molecule is Cc1c2c(cc(Br)c1C(O)CN)OCCCO2.